The molecule has 1 amide bonds. The van der Waals surface area contributed by atoms with E-state index in [2.05, 4.69) is 29.4 Å². The molecule has 40 heavy (non-hydrogen) atoms. The quantitative estimate of drug-likeness (QED) is 0.339. The van der Waals surface area contributed by atoms with Gasteiger partial charge in [0.15, 0.2) is 0 Å². The molecule has 2 heterocycles. The maximum atomic E-state index is 13.6. The highest BCUT2D eigenvalue weighted by molar-refractivity contribution is 5.82. The zero-order valence-electron chi connectivity index (χ0n) is 25.0. The van der Waals surface area contributed by atoms with Gasteiger partial charge in [0, 0.05) is 36.9 Å². The Morgan fingerprint density at radius 2 is 1.82 bits per heavy atom. The minimum Gasteiger partial charge on any atom is -0.396 e. The highest BCUT2D eigenvalue weighted by atomic mass is 16.7. The molecule has 4 N–H and O–H groups in total. The fourth-order valence-electron chi connectivity index (χ4n) is 8.54. The van der Waals surface area contributed by atoms with Gasteiger partial charge in [-0.25, -0.2) is 0 Å². The van der Waals surface area contributed by atoms with Gasteiger partial charge in [-0.2, -0.15) is 5.06 Å². The average molecular weight is 558 g/mol. The normalized spacial score (nSPS) is 41.1. The highest BCUT2D eigenvalue weighted by Gasteiger charge is 2.49. The molecule has 2 saturated heterocycles. The van der Waals surface area contributed by atoms with Gasteiger partial charge in [-0.15, -0.1) is 0 Å². The summed E-state index contributed by atoms with van der Waals surface area (Å²) >= 11 is 0. The van der Waals surface area contributed by atoms with Crippen molar-refractivity contribution >= 4 is 5.91 Å². The van der Waals surface area contributed by atoms with Crippen molar-refractivity contribution < 1.29 is 19.8 Å². The molecule has 0 aromatic carbocycles. The second kappa shape index (κ2) is 14.3. The number of aliphatic hydroxyl groups is 2. The average Bonchev–Trinajstić information content (AvgIpc) is 3.54. The molecule has 0 aromatic heterocycles. The van der Waals surface area contributed by atoms with Gasteiger partial charge in [-0.3, -0.25) is 9.63 Å². The summed E-state index contributed by atoms with van der Waals surface area (Å²) in [4.78, 5) is 19.8. The van der Waals surface area contributed by atoms with E-state index in [1.54, 1.807) is 6.92 Å². The third-order valence-electron chi connectivity index (χ3n) is 11.0. The van der Waals surface area contributed by atoms with Gasteiger partial charge in [-0.05, 0) is 101 Å². The first-order valence-corrected chi connectivity index (χ1v) is 16.7. The summed E-state index contributed by atoms with van der Waals surface area (Å²) < 4.78 is 0. The van der Waals surface area contributed by atoms with E-state index in [9.17, 15) is 15.0 Å². The van der Waals surface area contributed by atoms with Crippen LogP contribution in [0, 0.1) is 53.3 Å². The molecule has 2 aliphatic heterocycles. The molecule has 0 radical (unpaired) electrons. The van der Waals surface area contributed by atoms with Crippen LogP contribution in [0.2, 0.25) is 0 Å². The molecule has 7 nitrogen and oxygen atoms in total. The second-order valence-corrected chi connectivity index (χ2v) is 14.0. The predicted molar refractivity (Wildman–Crippen MR) is 157 cm³/mol. The van der Waals surface area contributed by atoms with E-state index >= 15 is 0 Å². The Hall–Kier alpha value is -1.17. The number of hydrogen-bond donors (Lipinski definition) is 4. The third-order valence-corrected chi connectivity index (χ3v) is 11.0. The fourth-order valence-corrected chi connectivity index (χ4v) is 8.54. The number of carbonyl (C=O) groups excluding carboxylic acids is 1. The molecule has 6 unspecified atom stereocenters. The van der Waals surface area contributed by atoms with Crippen molar-refractivity contribution in [2.75, 3.05) is 26.2 Å². The summed E-state index contributed by atoms with van der Waals surface area (Å²) in [6.07, 6.45) is 14.4. The van der Waals surface area contributed by atoms with Crippen molar-refractivity contribution in [2.24, 2.45) is 41.4 Å². The van der Waals surface area contributed by atoms with Gasteiger partial charge in [-0.1, -0.05) is 38.0 Å². The molecule has 226 valence electrons. The molecule has 0 aromatic rings. The van der Waals surface area contributed by atoms with Crippen LogP contribution in [0.4, 0.5) is 0 Å². The molecule has 0 bridgehead atoms. The van der Waals surface area contributed by atoms with Crippen LogP contribution in [0.25, 0.3) is 0 Å². The summed E-state index contributed by atoms with van der Waals surface area (Å²) in [7, 11) is 0. The number of fused-ring (bicyclic) bond motifs is 1. The summed E-state index contributed by atoms with van der Waals surface area (Å²) in [5, 5.41) is 29.4. The zero-order valence-corrected chi connectivity index (χ0v) is 25.0. The minimum atomic E-state index is -0.756. The lowest BCUT2D eigenvalue weighted by molar-refractivity contribution is -0.193. The van der Waals surface area contributed by atoms with Crippen molar-refractivity contribution in [1.82, 2.24) is 15.7 Å². The molecule has 5 fully saturated rings. The first-order chi connectivity index (χ1) is 19.4. The van der Waals surface area contributed by atoms with E-state index in [0.29, 0.717) is 42.8 Å². The van der Waals surface area contributed by atoms with E-state index in [4.69, 9.17) is 4.84 Å². The molecule has 5 rings (SSSR count). The number of carbonyl (C=O) groups is 1. The molecule has 9 atom stereocenters. The number of nitrogens with zero attached hydrogens (tertiary/aromatic N) is 1. The van der Waals surface area contributed by atoms with Crippen LogP contribution >= 0.6 is 0 Å². The summed E-state index contributed by atoms with van der Waals surface area (Å²) in [5.74, 6) is 10.3. The fraction of sp³-hybridized carbons (Fsp3) is 0.909. The summed E-state index contributed by atoms with van der Waals surface area (Å²) in [5.41, 5.74) is 0. The summed E-state index contributed by atoms with van der Waals surface area (Å²) in [6.45, 7) is 6.21. The number of aliphatic hydroxyl groups excluding tert-OH is 2. The van der Waals surface area contributed by atoms with E-state index in [1.165, 1.54) is 51.4 Å². The molecule has 7 heteroatoms. The van der Waals surface area contributed by atoms with Gasteiger partial charge in [0.1, 0.15) is 12.1 Å². The van der Waals surface area contributed by atoms with E-state index in [1.807, 2.05) is 5.06 Å². The SMILES string of the molecule is CC1CCC(C#CC2CCCC(CN3O[C@H](C(C)O)[C@H](CO)[C@@H]3C(=O)NCCC3CNC4CCCCC34)C2)CC1. The Morgan fingerprint density at radius 1 is 1.05 bits per heavy atom. The van der Waals surface area contributed by atoms with Crippen LogP contribution in [0.1, 0.15) is 97.3 Å². The van der Waals surface area contributed by atoms with Gasteiger partial charge < -0.3 is 20.8 Å². The number of nitrogens with one attached hydrogen (secondary N) is 2. The van der Waals surface area contributed by atoms with Gasteiger partial charge in [0.05, 0.1) is 12.7 Å². The minimum absolute atomic E-state index is 0.0768. The van der Waals surface area contributed by atoms with Crippen LogP contribution in [-0.2, 0) is 9.63 Å². The predicted octanol–water partition coefficient (Wildman–Crippen LogP) is 3.88. The van der Waals surface area contributed by atoms with Crippen LogP contribution in [0.15, 0.2) is 0 Å². The lowest BCUT2D eigenvalue weighted by Crippen LogP contribution is -2.49. The number of rotatable bonds is 8. The van der Waals surface area contributed by atoms with Gasteiger partial charge >= 0.3 is 0 Å². The molecular formula is C33H55N3O4. The lowest BCUT2D eigenvalue weighted by Gasteiger charge is -2.32. The standard InChI is InChI=1S/C33H55N3O4/c1-22-10-12-24(13-11-22)14-15-25-6-5-7-26(18-25)20-36-31(29(21-37)32(40-36)23(2)38)33(39)34-17-16-27-19-35-30-9-4-3-8-28(27)30/h22-32,35,37-38H,3-13,16-21H2,1-2H3,(H,34,39)/t22?,23?,24?,25?,26?,27?,28?,29-,30?,31-,32-/m1/s1. The van der Waals surface area contributed by atoms with Crippen molar-refractivity contribution in [3.63, 3.8) is 0 Å². The maximum absolute atomic E-state index is 13.6. The van der Waals surface area contributed by atoms with Crippen molar-refractivity contribution in [2.45, 2.75) is 122 Å². The van der Waals surface area contributed by atoms with Crippen LogP contribution < -0.4 is 10.6 Å². The van der Waals surface area contributed by atoms with Crippen molar-refractivity contribution in [3.8, 4) is 11.8 Å². The van der Waals surface area contributed by atoms with Gasteiger partial charge in [0.2, 0.25) is 5.91 Å². The third kappa shape index (κ3) is 7.42. The molecule has 3 aliphatic carbocycles. The maximum Gasteiger partial charge on any atom is 0.240 e. The Balaban J connectivity index is 1.17. The molecule has 0 spiro atoms. The molecular weight excluding hydrogens is 502 g/mol. The number of hydroxylamine groups is 2. The smallest absolute Gasteiger partial charge is 0.240 e. The van der Waals surface area contributed by atoms with Gasteiger partial charge in [0.25, 0.3) is 0 Å². The Bertz CT molecular complexity index is 879. The Kier molecular flexibility index (Phi) is 10.9. The van der Waals surface area contributed by atoms with Crippen molar-refractivity contribution in [1.29, 1.82) is 0 Å². The van der Waals surface area contributed by atoms with Crippen LogP contribution in [-0.4, -0.2) is 71.7 Å². The summed E-state index contributed by atoms with van der Waals surface area (Å²) in [6, 6.07) is 0.0820. The molecule has 5 aliphatic rings. The highest BCUT2D eigenvalue weighted by Crippen LogP contribution is 2.37. The van der Waals surface area contributed by atoms with Crippen LogP contribution in [0.3, 0.4) is 0 Å². The Labute approximate surface area is 242 Å². The topological polar surface area (TPSA) is 94.1 Å². The first kappa shape index (κ1) is 30.3. The van der Waals surface area contributed by atoms with E-state index in [-0.39, 0.29) is 12.5 Å². The van der Waals surface area contributed by atoms with Crippen molar-refractivity contribution in [3.05, 3.63) is 0 Å². The van der Waals surface area contributed by atoms with E-state index < -0.39 is 24.2 Å². The van der Waals surface area contributed by atoms with Crippen LogP contribution in [0.5, 0.6) is 0 Å². The monoisotopic (exact) mass is 557 g/mol. The first-order valence-electron chi connectivity index (χ1n) is 16.7. The molecule has 3 saturated carbocycles. The zero-order chi connectivity index (χ0) is 28.1. The second-order valence-electron chi connectivity index (χ2n) is 14.0. The number of hydrogen-bond acceptors (Lipinski definition) is 6. The Morgan fingerprint density at radius 3 is 2.60 bits per heavy atom. The lowest BCUT2D eigenvalue weighted by atomic mass is 9.79. The number of amides is 1. The largest absolute Gasteiger partial charge is 0.396 e. The van der Waals surface area contributed by atoms with E-state index in [0.717, 1.165) is 50.5 Å².